The van der Waals surface area contributed by atoms with E-state index in [0.717, 1.165) is 18.4 Å². The van der Waals surface area contributed by atoms with Gasteiger partial charge >= 0.3 is 5.69 Å². The summed E-state index contributed by atoms with van der Waals surface area (Å²) in [6.45, 7) is 3.74. The highest BCUT2D eigenvalue weighted by Gasteiger charge is 2.39. The first kappa shape index (κ1) is 13.8. The van der Waals surface area contributed by atoms with Crippen molar-refractivity contribution in [3.63, 3.8) is 0 Å². The van der Waals surface area contributed by atoms with Crippen molar-refractivity contribution in [1.82, 2.24) is 20.2 Å². The molecular formula is C14H13ClN4O2. The van der Waals surface area contributed by atoms with Gasteiger partial charge in [0.1, 0.15) is 5.69 Å². The monoisotopic (exact) mass is 304 g/mol. The Morgan fingerprint density at radius 2 is 2.24 bits per heavy atom. The summed E-state index contributed by atoms with van der Waals surface area (Å²) < 4.78 is 0. The quantitative estimate of drug-likeness (QED) is 0.843. The molecule has 0 saturated heterocycles. The van der Waals surface area contributed by atoms with Crippen LogP contribution in [0.5, 0.6) is 0 Å². The Kier molecular flexibility index (Phi) is 3.47. The second-order valence-electron chi connectivity index (χ2n) is 5.09. The third kappa shape index (κ3) is 2.67. The first-order valence-corrected chi connectivity index (χ1v) is 6.94. The molecule has 0 spiro atoms. The number of aromatic nitrogens is 4. The minimum Gasteiger partial charge on any atom is -0.313 e. The number of hydrogen-bond acceptors (Lipinski definition) is 4. The van der Waals surface area contributed by atoms with Crippen molar-refractivity contribution in [2.75, 3.05) is 0 Å². The van der Waals surface area contributed by atoms with E-state index in [9.17, 15) is 9.59 Å². The zero-order chi connectivity index (χ0) is 15.0. The highest BCUT2D eigenvalue weighted by Crippen LogP contribution is 2.51. The van der Waals surface area contributed by atoms with Crippen molar-refractivity contribution in [3.05, 3.63) is 56.5 Å². The number of nitrogens with one attached hydrogen (secondary N) is 2. The summed E-state index contributed by atoms with van der Waals surface area (Å²) in [5.41, 5.74) is 0.495. The summed E-state index contributed by atoms with van der Waals surface area (Å²) in [5.74, 6) is 0.845. The molecule has 2 aromatic heterocycles. The average Bonchev–Trinajstić information content (AvgIpc) is 3.19. The van der Waals surface area contributed by atoms with Crippen LogP contribution in [-0.2, 0) is 0 Å². The molecule has 0 amide bonds. The minimum atomic E-state index is -0.556. The van der Waals surface area contributed by atoms with Crippen molar-refractivity contribution in [1.29, 1.82) is 0 Å². The Labute approximate surface area is 124 Å². The molecule has 2 atom stereocenters. The summed E-state index contributed by atoms with van der Waals surface area (Å²) >= 11 is 6.11. The highest BCUT2D eigenvalue weighted by molar-refractivity contribution is 6.30. The first-order chi connectivity index (χ1) is 10.1. The van der Waals surface area contributed by atoms with Gasteiger partial charge in [-0.1, -0.05) is 17.7 Å². The van der Waals surface area contributed by atoms with Gasteiger partial charge in [0.05, 0.1) is 5.56 Å². The van der Waals surface area contributed by atoms with Crippen LogP contribution in [0.15, 0.2) is 34.5 Å². The molecule has 21 heavy (non-hydrogen) atoms. The molecule has 1 aliphatic carbocycles. The van der Waals surface area contributed by atoms with E-state index in [0.29, 0.717) is 22.7 Å². The van der Waals surface area contributed by atoms with Gasteiger partial charge in [-0.05, 0) is 36.3 Å². The van der Waals surface area contributed by atoms with Crippen LogP contribution in [0.2, 0.25) is 5.15 Å². The maximum Gasteiger partial charge on any atom is 0.325 e. The Morgan fingerprint density at radius 1 is 1.43 bits per heavy atom. The number of aromatic amines is 2. The molecule has 0 bridgehead atoms. The van der Waals surface area contributed by atoms with E-state index in [1.54, 1.807) is 6.07 Å². The lowest BCUT2D eigenvalue weighted by molar-refractivity contribution is 0.815. The molecule has 0 aromatic carbocycles. The summed E-state index contributed by atoms with van der Waals surface area (Å²) in [6, 6.07) is 1.77. The third-order valence-corrected chi connectivity index (χ3v) is 3.96. The number of allylic oxidation sites excluding steroid dienone is 1. The van der Waals surface area contributed by atoms with Crippen LogP contribution < -0.4 is 11.2 Å². The molecule has 0 unspecified atom stereocenters. The van der Waals surface area contributed by atoms with Gasteiger partial charge in [-0.2, -0.15) is 0 Å². The maximum atomic E-state index is 11.8. The first-order valence-electron chi connectivity index (χ1n) is 6.56. The van der Waals surface area contributed by atoms with E-state index in [1.807, 2.05) is 6.08 Å². The lowest BCUT2D eigenvalue weighted by Gasteiger charge is -2.05. The van der Waals surface area contributed by atoms with Crippen LogP contribution >= 0.6 is 11.6 Å². The van der Waals surface area contributed by atoms with Crippen LogP contribution in [0, 0.1) is 5.92 Å². The van der Waals surface area contributed by atoms with Crippen LogP contribution in [0.3, 0.4) is 0 Å². The van der Waals surface area contributed by atoms with Gasteiger partial charge in [0, 0.05) is 6.20 Å². The molecular weight excluding hydrogens is 292 g/mol. The number of hydrogen-bond donors (Lipinski definition) is 2. The summed E-state index contributed by atoms with van der Waals surface area (Å²) in [5, 5.41) is 8.21. The normalized spacial score (nSPS) is 20.2. The molecule has 108 valence electrons. The molecule has 2 N–H and O–H groups in total. The fourth-order valence-corrected chi connectivity index (χ4v) is 2.72. The fourth-order valence-electron chi connectivity index (χ4n) is 2.49. The number of H-pyrrole nitrogens is 2. The van der Waals surface area contributed by atoms with Gasteiger partial charge in [-0.25, -0.2) is 4.79 Å². The van der Waals surface area contributed by atoms with Crippen molar-refractivity contribution in [2.45, 2.75) is 18.8 Å². The van der Waals surface area contributed by atoms with Crippen LogP contribution in [0.25, 0.3) is 11.3 Å². The van der Waals surface area contributed by atoms with E-state index in [1.165, 1.54) is 6.20 Å². The van der Waals surface area contributed by atoms with E-state index >= 15 is 0 Å². The Hall–Kier alpha value is -2.21. The zero-order valence-electron chi connectivity index (χ0n) is 11.1. The number of rotatable bonds is 4. The molecule has 6 nitrogen and oxygen atoms in total. The highest BCUT2D eigenvalue weighted by atomic mass is 35.5. The molecule has 1 fully saturated rings. The predicted molar refractivity (Wildman–Crippen MR) is 79.4 cm³/mol. The predicted octanol–water partition coefficient (Wildman–Crippen LogP) is 1.85. The summed E-state index contributed by atoms with van der Waals surface area (Å²) in [7, 11) is 0. The van der Waals surface area contributed by atoms with E-state index in [2.05, 4.69) is 26.7 Å². The summed E-state index contributed by atoms with van der Waals surface area (Å²) in [6.07, 6.45) is 5.18. The Bertz CT molecular complexity index is 811. The molecule has 0 aliphatic heterocycles. The van der Waals surface area contributed by atoms with Gasteiger partial charge < -0.3 is 4.98 Å². The second-order valence-corrected chi connectivity index (χ2v) is 5.45. The zero-order valence-corrected chi connectivity index (χ0v) is 11.9. The molecule has 7 heteroatoms. The maximum absolute atomic E-state index is 11.8. The molecule has 0 radical (unpaired) electrons. The van der Waals surface area contributed by atoms with E-state index in [4.69, 9.17) is 11.6 Å². The number of halogens is 1. The topological polar surface area (TPSA) is 91.5 Å². The Morgan fingerprint density at radius 3 is 2.95 bits per heavy atom. The molecule has 1 saturated carbocycles. The lowest BCUT2D eigenvalue weighted by atomic mass is 10.1. The third-order valence-electron chi connectivity index (χ3n) is 3.66. The fraction of sp³-hybridized carbons (Fsp3) is 0.286. The van der Waals surface area contributed by atoms with E-state index < -0.39 is 11.2 Å². The largest absolute Gasteiger partial charge is 0.325 e. The van der Waals surface area contributed by atoms with Crippen LogP contribution in [-0.4, -0.2) is 20.2 Å². The van der Waals surface area contributed by atoms with E-state index in [-0.39, 0.29) is 5.56 Å². The Balaban J connectivity index is 2.00. The molecule has 1 aliphatic rings. The van der Waals surface area contributed by atoms with Crippen molar-refractivity contribution in [2.24, 2.45) is 5.92 Å². The van der Waals surface area contributed by atoms with Crippen molar-refractivity contribution in [3.8, 4) is 11.3 Å². The standard InChI is InChI=1S/C14H13ClN4O2/c1-2-3-7-4-8(7)9-5-11(18-19-12(9)15)10-6-16-14(21)17-13(10)20/h2,5-8H,1,3-4H2,(H2,16,17,20,21)/t7-,8-/m0/s1. The summed E-state index contributed by atoms with van der Waals surface area (Å²) in [4.78, 5) is 27.4. The van der Waals surface area contributed by atoms with Crippen molar-refractivity contribution < 1.29 is 0 Å². The van der Waals surface area contributed by atoms with Gasteiger partial charge in [0.25, 0.3) is 5.56 Å². The van der Waals surface area contributed by atoms with Crippen LogP contribution in [0.1, 0.15) is 24.3 Å². The molecule has 3 rings (SSSR count). The number of nitrogens with zero attached hydrogens (tertiary/aromatic N) is 2. The smallest absolute Gasteiger partial charge is 0.313 e. The molecule has 2 aromatic rings. The van der Waals surface area contributed by atoms with Crippen molar-refractivity contribution >= 4 is 11.6 Å². The minimum absolute atomic E-state index is 0.265. The molecule has 2 heterocycles. The van der Waals surface area contributed by atoms with Gasteiger partial charge in [0.15, 0.2) is 5.15 Å². The van der Waals surface area contributed by atoms with Crippen LogP contribution in [0.4, 0.5) is 0 Å². The SMILES string of the molecule is C=CC[C@H]1C[C@@H]1c1cc(-c2c[nH]c(=O)[nH]c2=O)nnc1Cl. The second kappa shape index (κ2) is 5.29. The van der Waals surface area contributed by atoms with Gasteiger partial charge in [-0.15, -0.1) is 16.8 Å². The van der Waals surface area contributed by atoms with Gasteiger partial charge in [-0.3, -0.25) is 9.78 Å². The lowest BCUT2D eigenvalue weighted by Crippen LogP contribution is -2.23. The van der Waals surface area contributed by atoms with Gasteiger partial charge in [0.2, 0.25) is 0 Å². The average molecular weight is 305 g/mol.